The quantitative estimate of drug-likeness (QED) is 0.748. The standard InChI is InChI=1S/C16H20Br2N2O/c17-11-6-7-12(18)15(9-11)20-16(21)14-8-5-10-3-1-2-4-13(10)19-14/h6-7,9-10,13-14,19H,1-5,8H2,(H,20,21). The van der Waals surface area contributed by atoms with E-state index in [-0.39, 0.29) is 11.9 Å². The van der Waals surface area contributed by atoms with Crippen LogP contribution in [0.25, 0.3) is 0 Å². The molecule has 5 heteroatoms. The second-order valence-corrected chi connectivity index (χ2v) is 7.83. The number of fused-ring (bicyclic) bond motifs is 1. The fourth-order valence-corrected chi connectivity index (χ4v) is 4.22. The van der Waals surface area contributed by atoms with Crippen molar-refractivity contribution >= 4 is 43.5 Å². The molecule has 0 radical (unpaired) electrons. The van der Waals surface area contributed by atoms with Gasteiger partial charge in [-0.2, -0.15) is 0 Å². The Morgan fingerprint density at radius 2 is 1.95 bits per heavy atom. The molecule has 3 unspecified atom stereocenters. The predicted molar refractivity (Wildman–Crippen MR) is 92.4 cm³/mol. The van der Waals surface area contributed by atoms with Crippen molar-refractivity contribution in [2.45, 2.75) is 50.6 Å². The summed E-state index contributed by atoms with van der Waals surface area (Å²) in [6.07, 6.45) is 7.30. The molecule has 1 aromatic carbocycles. The molecule has 1 aliphatic heterocycles. The van der Waals surface area contributed by atoms with Crippen LogP contribution in [0.3, 0.4) is 0 Å². The number of rotatable bonds is 2. The summed E-state index contributed by atoms with van der Waals surface area (Å²) in [6, 6.07) is 6.29. The zero-order valence-electron chi connectivity index (χ0n) is 11.9. The molecule has 114 valence electrons. The molecule has 1 heterocycles. The molecule has 2 fully saturated rings. The first-order valence-corrected chi connectivity index (χ1v) is 9.24. The van der Waals surface area contributed by atoms with Crippen LogP contribution in [0.2, 0.25) is 0 Å². The van der Waals surface area contributed by atoms with E-state index in [1.807, 2.05) is 18.2 Å². The lowest BCUT2D eigenvalue weighted by molar-refractivity contribution is -0.119. The molecule has 0 bridgehead atoms. The van der Waals surface area contributed by atoms with Crippen molar-refractivity contribution in [3.63, 3.8) is 0 Å². The molecule has 1 aromatic rings. The van der Waals surface area contributed by atoms with Crippen molar-refractivity contribution in [1.29, 1.82) is 0 Å². The third kappa shape index (κ3) is 3.69. The maximum Gasteiger partial charge on any atom is 0.241 e. The molecular formula is C16H20Br2N2O. The normalized spacial score (nSPS) is 28.8. The monoisotopic (exact) mass is 414 g/mol. The highest BCUT2D eigenvalue weighted by atomic mass is 79.9. The third-order valence-corrected chi connectivity index (χ3v) is 5.84. The van der Waals surface area contributed by atoms with Gasteiger partial charge < -0.3 is 10.6 Å². The van der Waals surface area contributed by atoms with Crippen LogP contribution in [-0.4, -0.2) is 18.0 Å². The van der Waals surface area contributed by atoms with Crippen molar-refractivity contribution in [2.24, 2.45) is 5.92 Å². The van der Waals surface area contributed by atoms with Crippen LogP contribution >= 0.6 is 31.9 Å². The Bertz CT molecular complexity index is 535. The average Bonchev–Trinajstić information content (AvgIpc) is 2.50. The average molecular weight is 416 g/mol. The number of hydrogen-bond donors (Lipinski definition) is 2. The van der Waals surface area contributed by atoms with Gasteiger partial charge in [0, 0.05) is 15.0 Å². The third-order valence-electron chi connectivity index (χ3n) is 4.65. The summed E-state index contributed by atoms with van der Waals surface area (Å²) in [4.78, 5) is 12.5. The SMILES string of the molecule is O=C(Nc1cc(Br)ccc1Br)C1CCC2CCCCC2N1. The summed E-state index contributed by atoms with van der Waals surface area (Å²) in [5.41, 5.74) is 0.821. The highest BCUT2D eigenvalue weighted by molar-refractivity contribution is 9.11. The number of amides is 1. The number of piperidine rings is 1. The van der Waals surface area contributed by atoms with Gasteiger partial charge in [0.1, 0.15) is 0 Å². The van der Waals surface area contributed by atoms with E-state index in [0.717, 1.165) is 27.0 Å². The van der Waals surface area contributed by atoms with Crippen LogP contribution in [0, 0.1) is 5.92 Å². The second kappa shape index (κ2) is 6.80. The Labute approximate surface area is 142 Å². The first kappa shape index (κ1) is 15.5. The number of nitrogens with one attached hydrogen (secondary N) is 2. The Hall–Kier alpha value is -0.390. The Morgan fingerprint density at radius 1 is 1.14 bits per heavy atom. The molecule has 0 aromatic heterocycles. The largest absolute Gasteiger partial charge is 0.324 e. The maximum atomic E-state index is 12.5. The van der Waals surface area contributed by atoms with Gasteiger partial charge in [0.15, 0.2) is 0 Å². The molecule has 3 nitrogen and oxygen atoms in total. The van der Waals surface area contributed by atoms with Gasteiger partial charge in [-0.15, -0.1) is 0 Å². The van der Waals surface area contributed by atoms with Crippen LogP contribution in [0.1, 0.15) is 38.5 Å². The van der Waals surface area contributed by atoms with Crippen molar-refractivity contribution in [1.82, 2.24) is 5.32 Å². The zero-order chi connectivity index (χ0) is 14.8. The van der Waals surface area contributed by atoms with Gasteiger partial charge >= 0.3 is 0 Å². The number of carbonyl (C=O) groups excluding carboxylic acids is 1. The van der Waals surface area contributed by atoms with Gasteiger partial charge in [-0.05, 0) is 65.7 Å². The summed E-state index contributed by atoms with van der Waals surface area (Å²) in [5.74, 6) is 0.859. The highest BCUT2D eigenvalue weighted by Crippen LogP contribution is 2.33. The first-order valence-electron chi connectivity index (χ1n) is 7.65. The molecule has 0 spiro atoms. The minimum Gasteiger partial charge on any atom is -0.324 e. The molecule has 2 N–H and O–H groups in total. The molecule has 1 aliphatic carbocycles. The van der Waals surface area contributed by atoms with E-state index < -0.39 is 0 Å². The summed E-state index contributed by atoms with van der Waals surface area (Å²) >= 11 is 6.92. The lowest BCUT2D eigenvalue weighted by Crippen LogP contribution is -2.53. The molecular weight excluding hydrogens is 396 g/mol. The highest BCUT2D eigenvalue weighted by Gasteiger charge is 2.34. The molecule has 2 aliphatic rings. The van der Waals surface area contributed by atoms with Crippen molar-refractivity contribution < 1.29 is 4.79 Å². The first-order chi connectivity index (χ1) is 10.1. The Balaban J connectivity index is 1.64. The number of carbonyl (C=O) groups is 1. The van der Waals surface area contributed by atoms with Crippen LogP contribution in [0.4, 0.5) is 5.69 Å². The number of hydrogen-bond acceptors (Lipinski definition) is 2. The maximum absolute atomic E-state index is 12.5. The van der Waals surface area contributed by atoms with Crippen LogP contribution in [-0.2, 0) is 4.79 Å². The number of halogens is 2. The van der Waals surface area contributed by atoms with Crippen molar-refractivity contribution in [3.05, 3.63) is 27.1 Å². The van der Waals surface area contributed by atoms with Crippen LogP contribution in [0.5, 0.6) is 0 Å². The Morgan fingerprint density at radius 3 is 2.81 bits per heavy atom. The molecule has 1 amide bonds. The second-order valence-electron chi connectivity index (χ2n) is 6.06. The van der Waals surface area contributed by atoms with Gasteiger partial charge in [0.05, 0.1) is 11.7 Å². The van der Waals surface area contributed by atoms with E-state index in [0.29, 0.717) is 6.04 Å². The fraction of sp³-hybridized carbons (Fsp3) is 0.562. The lowest BCUT2D eigenvalue weighted by Gasteiger charge is -2.39. The van der Waals surface area contributed by atoms with E-state index in [1.54, 1.807) is 0 Å². The molecule has 3 rings (SSSR count). The van der Waals surface area contributed by atoms with Gasteiger partial charge in [-0.25, -0.2) is 0 Å². The summed E-state index contributed by atoms with van der Waals surface area (Å²) < 4.78 is 1.87. The summed E-state index contributed by atoms with van der Waals surface area (Å²) in [6.45, 7) is 0. The topological polar surface area (TPSA) is 41.1 Å². The minimum absolute atomic E-state index is 0.0600. The zero-order valence-corrected chi connectivity index (χ0v) is 15.0. The van der Waals surface area contributed by atoms with Crippen LogP contribution < -0.4 is 10.6 Å². The van der Waals surface area contributed by atoms with Gasteiger partial charge in [0.2, 0.25) is 5.91 Å². The molecule has 3 atom stereocenters. The fourth-order valence-electron chi connectivity index (χ4n) is 3.52. The van der Waals surface area contributed by atoms with Gasteiger partial charge in [-0.1, -0.05) is 28.8 Å². The summed E-state index contributed by atoms with van der Waals surface area (Å²) in [7, 11) is 0. The van der Waals surface area contributed by atoms with Crippen molar-refractivity contribution in [2.75, 3.05) is 5.32 Å². The van der Waals surface area contributed by atoms with Gasteiger partial charge in [-0.3, -0.25) is 4.79 Å². The minimum atomic E-state index is -0.0600. The lowest BCUT2D eigenvalue weighted by atomic mass is 9.77. The van der Waals surface area contributed by atoms with E-state index in [2.05, 4.69) is 42.5 Å². The van der Waals surface area contributed by atoms with Crippen molar-refractivity contribution in [3.8, 4) is 0 Å². The molecule has 1 saturated carbocycles. The number of anilines is 1. The van der Waals surface area contributed by atoms with E-state index in [4.69, 9.17) is 0 Å². The Kier molecular flexibility index (Phi) is 5.02. The predicted octanol–water partition coefficient (Wildman–Crippen LogP) is 4.46. The molecule has 1 saturated heterocycles. The van der Waals surface area contributed by atoms with E-state index in [1.165, 1.54) is 32.1 Å². The van der Waals surface area contributed by atoms with E-state index >= 15 is 0 Å². The van der Waals surface area contributed by atoms with E-state index in [9.17, 15) is 4.79 Å². The number of benzene rings is 1. The summed E-state index contributed by atoms with van der Waals surface area (Å²) in [5, 5.41) is 6.61. The van der Waals surface area contributed by atoms with Gasteiger partial charge in [0.25, 0.3) is 0 Å². The van der Waals surface area contributed by atoms with Crippen LogP contribution in [0.15, 0.2) is 27.1 Å². The molecule has 21 heavy (non-hydrogen) atoms. The smallest absolute Gasteiger partial charge is 0.241 e.